The van der Waals surface area contributed by atoms with Crippen LogP contribution in [0.1, 0.15) is 37.6 Å². The van der Waals surface area contributed by atoms with Gasteiger partial charge in [-0.3, -0.25) is 15.1 Å². The number of benzene rings is 1. The van der Waals surface area contributed by atoms with Crippen LogP contribution in [0.2, 0.25) is 0 Å². The highest BCUT2D eigenvalue weighted by molar-refractivity contribution is 9.10. The molecule has 9 nitrogen and oxygen atoms in total. The molecule has 1 aromatic heterocycles. The smallest absolute Gasteiger partial charge is 0.274 e. The average molecular weight is 513 g/mol. The number of ether oxygens (including phenoxy) is 1. The van der Waals surface area contributed by atoms with Gasteiger partial charge in [0, 0.05) is 35.4 Å². The predicted octanol–water partition coefficient (Wildman–Crippen LogP) is 4.03. The zero-order valence-electron chi connectivity index (χ0n) is 17.5. The van der Waals surface area contributed by atoms with Crippen molar-refractivity contribution in [1.82, 2.24) is 9.29 Å². The van der Waals surface area contributed by atoms with Gasteiger partial charge in [0.15, 0.2) is 0 Å². The van der Waals surface area contributed by atoms with Crippen LogP contribution < -0.4 is 5.32 Å². The summed E-state index contributed by atoms with van der Waals surface area (Å²) >= 11 is 3.44. The van der Waals surface area contributed by atoms with Crippen molar-refractivity contribution in [3.63, 3.8) is 0 Å². The van der Waals surface area contributed by atoms with Crippen molar-refractivity contribution in [1.29, 1.82) is 0 Å². The van der Waals surface area contributed by atoms with Gasteiger partial charge in [0.1, 0.15) is 4.90 Å². The summed E-state index contributed by atoms with van der Waals surface area (Å²) in [4.78, 5) is 15.3. The topological polar surface area (TPSA) is 115 Å². The molecular weight excluding hydrogens is 488 g/mol. The van der Waals surface area contributed by atoms with E-state index in [1.807, 2.05) is 19.9 Å². The number of anilines is 1. The van der Waals surface area contributed by atoms with Crippen LogP contribution in [0.4, 0.5) is 11.4 Å². The Morgan fingerprint density at radius 1 is 1.45 bits per heavy atom. The second-order valence-electron chi connectivity index (χ2n) is 7.39. The van der Waals surface area contributed by atoms with Gasteiger partial charge in [0.2, 0.25) is 10.0 Å². The maximum absolute atomic E-state index is 13.5. The number of aryl methyl sites for hydroxylation is 1. The molecule has 1 N–H and O–H groups in total. The van der Waals surface area contributed by atoms with E-state index < -0.39 is 21.0 Å². The van der Waals surface area contributed by atoms with Crippen LogP contribution in [0, 0.1) is 17.0 Å². The minimum Gasteiger partial charge on any atom is -0.376 e. The summed E-state index contributed by atoms with van der Waals surface area (Å²) in [6.07, 6.45) is 2.15. The minimum atomic E-state index is -3.90. The summed E-state index contributed by atoms with van der Waals surface area (Å²) in [5.74, 6) is 0. The third kappa shape index (κ3) is 5.05. The SMILES string of the molecule is CC[C@@H]1CN(S(=O)(=O)c2cc(C)c([N+](=O)[O-])cc2NC(C)c2ncccc2Br)CCO1. The van der Waals surface area contributed by atoms with Gasteiger partial charge in [-0.05, 0) is 54.4 Å². The Balaban J connectivity index is 2.06. The molecule has 1 unspecified atom stereocenters. The lowest BCUT2D eigenvalue weighted by atomic mass is 10.1. The molecule has 1 aliphatic rings. The monoisotopic (exact) mass is 512 g/mol. The molecule has 0 radical (unpaired) electrons. The van der Waals surface area contributed by atoms with Crippen molar-refractivity contribution in [2.24, 2.45) is 0 Å². The van der Waals surface area contributed by atoms with Gasteiger partial charge in [-0.1, -0.05) is 6.92 Å². The molecule has 1 aromatic carbocycles. The van der Waals surface area contributed by atoms with Crippen molar-refractivity contribution in [2.45, 2.75) is 44.2 Å². The fourth-order valence-corrected chi connectivity index (χ4v) is 5.78. The van der Waals surface area contributed by atoms with E-state index in [0.29, 0.717) is 18.7 Å². The quantitative estimate of drug-likeness (QED) is 0.439. The predicted molar refractivity (Wildman–Crippen MR) is 121 cm³/mol. The standard InChI is InChI=1S/C20H25BrN4O5S/c1-4-15-12-24(8-9-30-15)31(28,29)19-10-13(2)18(25(26)27)11-17(19)23-14(3)20-16(21)6-5-7-22-20/h5-7,10-11,14-15,23H,4,8-9,12H2,1-3H3/t14?,15-/m1/s1. The highest BCUT2D eigenvalue weighted by Gasteiger charge is 2.33. The summed E-state index contributed by atoms with van der Waals surface area (Å²) in [5, 5.41) is 14.6. The molecule has 1 aliphatic heterocycles. The molecule has 0 bridgehead atoms. The number of aromatic nitrogens is 1. The molecule has 168 valence electrons. The van der Waals surface area contributed by atoms with Crippen molar-refractivity contribution in [3.05, 3.63) is 56.3 Å². The maximum Gasteiger partial charge on any atom is 0.274 e. The molecule has 0 spiro atoms. The number of hydrogen-bond donors (Lipinski definition) is 1. The number of nitrogens with zero attached hydrogens (tertiary/aromatic N) is 3. The number of halogens is 1. The largest absolute Gasteiger partial charge is 0.376 e. The average Bonchev–Trinajstić information content (AvgIpc) is 2.74. The first-order chi connectivity index (χ1) is 14.6. The molecule has 31 heavy (non-hydrogen) atoms. The summed E-state index contributed by atoms with van der Waals surface area (Å²) in [5.41, 5.74) is 0.955. The molecule has 0 aliphatic carbocycles. The second-order valence-corrected chi connectivity index (χ2v) is 10.2. The first-order valence-corrected chi connectivity index (χ1v) is 12.2. The number of nitro groups is 1. The van der Waals surface area contributed by atoms with Crippen LogP contribution in [0.3, 0.4) is 0 Å². The Morgan fingerprint density at radius 3 is 2.84 bits per heavy atom. The van der Waals surface area contributed by atoms with Gasteiger partial charge in [-0.15, -0.1) is 0 Å². The first-order valence-electron chi connectivity index (χ1n) is 9.92. The highest BCUT2D eigenvalue weighted by atomic mass is 79.9. The molecule has 11 heteroatoms. The Hall–Kier alpha value is -2.08. The molecule has 2 aromatic rings. The number of pyridine rings is 1. The Labute approximate surface area is 190 Å². The Morgan fingerprint density at radius 2 is 2.19 bits per heavy atom. The van der Waals surface area contributed by atoms with E-state index in [1.165, 1.54) is 23.4 Å². The zero-order valence-corrected chi connectivity index (χ0v) is 19.9. The number of nitrogens with one attached hydrogen (secondary N) is 1. The summed E-state index contributed by atoms with van der Waals surface area (Å²) < 4.78 is 34.8. The number of rotatable bonds is 7. The third-order valence-electron chi connectivity index (χ3n) is 5.24. The molecule has 1 saturated heterocycles. The molecule has 3 rings (SSSR count). The van der Waals surface area contributed by atoms with Crippen LogP contribution in [0.5, 0.6) is 0 Å². The number of sulfonamides is 1. The van der Waals surface area contributed by atoms with Gasteiger partial charge in [0.05, 0.1) is 35.1 Å². The number of hydrogen-bond acceptors (Lipinski definition) is 7. The summed E-state index contributed by atoms with van der Waals surface area (Å²) in [7, 11) is -3.90. The summed E-state index contributed by atoms with van der Waals surface area (Å²) in [6.45, 7) is 6.08. The van der Waals surface area contributed by atoms with Crippen molar-refractivity contribution in [2.75, 3.05) is 25.0 Å². The summed E-state index contributed by atoms with van der Waals surface area (Å²) in [6, 6.07) is 5.85. The maximum atomic E-state index is 13.5. The van der Waals surface area contributed by atoms with Gasteiger partial charge in [-0.25, -0.2) is 8.42 Å². The van der Waals surface area contributed by atoms with Gasteiger partial charge in [0.25, 0.3) is 5.69 Å². The lowest BCUT2D eigenvalue weighted by Crippen LogP contribution is -2.45. The van der Waals surface area contributed by atoms with E-state index >= 15 is 0 Å². The molecule has 0 amide bonds. The van der Waals surface area contributed by atoms with Crippen LogP contribution in [0.25, 0.3) is 0 Å². The number of morpholine rings is 1. The molecule has 1 fully saturated rings. The fourth-order valence-electron chi connectivity index (χ4n) is 3.51. The molecule has 2 heterocycles. The lowest BCUT2D eigenvalue weighted by molar-refractivity contribution is -0.385. The minimum absolute atomic E-state index is 0.00579. The van der Waals surface area contributed by atoms with E-state index in [0.717, 1.165) is 4.47 Å². The van der Waals surface area contributed by atoms with Crippen LogP contribution in [-0.4, -0.2) is 48.4 Å². The van der Waals surface area contributed by atoms with E-state index in [1.54, 1.807) is 12.3 Å². The highest BCUT2D eigenvalue weighted by Crippen LogP contribution is 2.35. The zero-order chi connectivity index (χ0) is 22.8. The van der Waals surface area contributed by atoms with Crippen molar-refractivity contribution < 1.29 is 18.1 Å². The number of nitro benzene ring substituents is 1. The Bertz CT molecular complexity index is 1080. The van der Waals surface area contributed by atoms with Crippen LogP contribution >= 0.6 is 15.9 Å². The van der Waals surface area contributed by atoms with Crippen molar-refractivity contribution >= 4 is 37.3 Å². The fraction of sp³-hybridized carbons (Fsp3) is 0.450. The van der Waals surface area contributed by atoms with E-state index in [4.69, 9.17) is 4.74 Å². The van der Waals surface area contributed by atoms with E-state index in [2.05, 4.69) is 26.2 Å². The van der Waals surface area contributed by atoms with Gasteiger partial charge >= 0.3 is 0 Å². The van der Waals surface area contributed by atoms with Crippen molar-refractivity contribution in [3.8, 4) is 0 Å². The second kappa shape index (κ2) is 9.60. The third-order valence-corrected chi connectivity index (χ3v) is 7.81. The van der Waals surface area contributed by atoms with Crippen LogP contribution in [0.15, 0.2) is 39.8 Å². The first kappa shape index (κ1) is 23.6. The van der Waals surface area contributed by atoms with E-state index in [9.17, 15) is 18.5 Å². The lowest BCUT2D eigenvalue weighted by Gasteiger charge is -2.32. The van der Waals surface area contributed by atoms with Gasteiger partial charge in [-0.2, -0.15) is 4.31 Å². The molecule has 0 saturated carbocycles. The normalized spacial score (nSPS) is 18.5. The molecule has 2 atom stereocenters. The van der Waals surface area contributed by atoms with E-state index in [-0.39, 0.29) is 41.0 Å². The Kier molecular flexibility index (Phi) is 7.30. The van der Waals surface area contributed by atoms with Crippen LogP contribution in [-0.2, 0) is 14.8 Å². The molecular formula is C20H25BrN4O5S. The van der Waals surface area contributed by atoms with Gasteiger partial charge < -0.3 is 10.1 Å².